The monoisotopic (exact) mass is 303 g/mol. The van der Waals surface area contributed by atoms with Crippen LogP contribution >= 0.6 is 0 Å². The first-order chi connectivity index (χ1) is 10.6. The normalized spacial score (nSPS) is 21.2. The number of anilines is 1. The van der Waals surface area contributed by atoms with Crippen molar-refractivity contribution in [2.45, 2.75) is 32.7 Å². The summed E-state index contributed by atoms with van der Waals surface area (Å²) in [6.07, 6.45) is 6.01. The number of aromatic nitrogens is 2. The SMILES string of the molecule is Cc1cnc(N2CCN(C(C)C(=O)N3CCCC3)CC2)nc1. The molecule has 2 aliphatic rings. The van der Waals surface area contributed by atoms with Crippen LogP contribution in [0.4, 0.5) is 5.95 Å². The lowest BCUT2D eigenvalue weighted by atomic mass is 10.2. The molecule has 0 aliphatic carbocycles. The van der Waals surface area contributed by atoms with E-state index in [2.05, 4.69) is 19.8 Å². The van der Waals surface area contributed by atoms with Gasteiger partial charge in [0.2, 0.25) is 11.9 Å². The Kier molecular flexibility index (Phi) is 4.57. The predicted octanol–water partition coefficient (Wildman–Crippen LogP) is 0.918. The molecule has 6 nitrogen and oxygen atoms in total. The highest BCUT2D eigenvalue weighted by molar-refractivity contribution is 5.81. The van der Waals surface area contributed by atoms with Gasteiger partial charge in [0, 0.05) is 51.7 Å². The highest BCUT2D eigenvalue weighted by atomic mass is 16.2. The second-order valence-corrected chi connectivity index (χ2v) is 6.29. The number of hydrogen-bond acceptors (Lipinski definition) is 5. The maximum atomic E-state index is 12.5. The van der Waals surface area contributed by atoms with Crippen LogP contribution in [-0.4, -0.2) is 71.0 Å². The van der Waals surface area contributed by atoms with E-state index in [9.17, 15) is 4.79 Å². The average molecular weight is 303 g/mol. The summed E-state index contributed by atoms with van der Waals surface area (Å²) in [5.41, 5.74) is 1.08. The number of amides is 1. The predicted molar refractivity (Wildman–Crippen MR) is 85.8 cm³/mol. The molecule has 0 aromatic carbocycles. The zero-order chi connectivity index (χ0) is 15.5. The number of rotatable bonds is 3. The van der Waals surface area contributed by atoms with Crippen LogP contribution in [0, 0.1) is 6.92 Å². The minimum Gasteiger partial charge on any atom is -0.341 e. The molecule has 0 radical (unpaired) electrons. The van der Waals surface area contributed by atoms with Gasteiger partial charge in [-0.3, -0.25) is 9.69 Å². The molecule has 2 saturated heterocycles. The van der Waals surface area contributed by atoms with Gasteiger partial charge in [0.25, 0.3) is 0 Å². The van der Waals surface area contributed by atoms with E-state index in [1.54, 1.807) is 0 Å². The fourth-order valence-corrected chi connectivity index (χ4v) is 3.22. The Bertz CT molecular complexity index is 504. The molecule has 1 amide bonds. The minimum atomic E-state index is -0.0146. The third-order valence-electron chi connectivity index (χ3n) is 4.69. The van der Waals surface area contributed by atoms with Crippen molar-refractivity contribution in [2.75, 3.05) is 44.2 Å². The van der Waals surface area contributed by atoms with E-state index in [1.165, 1.54) is 0 Å². The Morgan fingerprint density at radius 1 is 1.05 bits per heavy atom. The molecular weight excluding hydrogens is 278 g/mol. The molecule has 2 aliphatic heterocycles. The van der Waals surface area contributed by atoms with Crippen molar-refractivity contribution in [3.8, 4) is 0 Å². The third kappa shape index (κ3) is 3.21. The number of aryl methyl sites for hydroxylation is 1. The van der Waals surface area contributed by atoms with E-state index < -0.39 is 0 Å². The Balaban J connectivity index is 1.54. The van der Waals surface area contributed by atoms with Gasteiger partial charge in [-0.2, -0.15) is 0 Å². The first-order valence-corrected chi connectivity index (χ1v) is 8.21. The first kappa shape index (κ1) is 15.2. The van der Waals surface area contributed by atoms with Crippen molar-refractivity contribution in [1.82, 2.24) is 19.8 Å². The van der Waals surface area contributed by atoms with Gasteiger partial charge in [0.05, 0.1) is 6.04 Å². The molecule has 1 aromatic heterocycles. The fraction of sp³-hybridized carbons (Fsp3) is 0.688. The summed E-state index contributed by atoms with van der Waals surface area (Å²) in [6.45, 7) is 9.42. The zero-order valence-electron chi connectivity index (χ0n) is 13.5. The molecule has 22 heavy (non-hydrogen) atoms. The van der Waals surface area contributed by atoms with E-state index in [0.717, 1.165) is 63.6 Å². The van der Waals surface area contributed by atoms with Crippen LogP contribution in [-0.2, 0) is 4.79 Å². The molecule has 0 N–H and O–H groups in total. The molecule has 120 valence electrons. The van der Waals surface area contributed by atoms with E-state index in [-0.39, 0.29) is 11.9 Å². The van der Waals surface area contributed by atoms with E-state index in [1.807, 2.05) is 31.1 Å². The molecule has 3 rings (SSSR count). The summed E-state index contributed by atoms with van der Waals surface area (Å²) in [7, 11) is 0. The van der Waals surface area contributed by atoms with Crippen molar-refractivity contribution in [1.29, 1.82) is 0 Å². The van der Waals surface area contributed by atoms with Crippen molar-refractivity contribution in [2.24, 2.45) is 0 Å². The summed E-state index contributed by atoms with van der Waals surface area (Å²) in [5, 5.41) is 0. The molecule has 6 heteroatoms. The molecule has 0 saturated carbocycles. The van der Waals surface area contributed by atoms with Gasteiger partial charge in [0.15, 0.2) is 0 Å². The fourth-order valence-electron chi connectivity index (χ4n) is 3.22. The molecule has 1 unspecified atom stereocenters. The van der Waals surface area contributed by atoms with Crippen LogP contribution < -0.4 is 4.90 Å². The quantitative estimate of drug-likeness (QED) is 0.831. The van der Waals surface area contributed by atoms with Crippen LogP contribution in [0.1, 0.15) is 25.3 Å². The molecule has 2 fully saturated rings. The smallest absolute Gasteiger partial charge is 0.239 e. The van der Waals surface area contributed by atoms with Crippen LogP contribution in [0.2, 0.25) is 0 Å². The Morgan fingerprint density at radius 2 is 1.64 bits per heavy atom. The van der Waals surface area contributed by atoms with Crippen molar-refractivity contribution >= 4 is 11.9 Å². The average Bonchev–Trinajstić information content (AvgIpc) is 3.09. The number of likely N-dealkylation sites (tertiary alicyclic amines) is 1. The Labute approximate surface area is 132 Å². The Morgan fingerprint density at radius 3 is 2.23 bits per heavy atom. The lowest BCUT2D eigenvalue weighted by molar-refractivity contribution is -0.135. The molecular formula is C16H25N5O. The van der Waals surface area contributed by atoms with Crippen molar-refractivity contribution in [3.05, 3.63) is 18.0 Å². The summed E-state index contributed by atoms with van der Waals surface area (Å²) < 4.78 is 0. The largest absolute Gasteiger partial charge is 0.341 e. The topological polar surface area (TPSA) is 52.6 Å². The molecule has 0 spiro atoms. The number of piperazine rings is 1. The molecule has 3 heterocycles. The van der Waals surface area contributed by atoms with Crippen LogP contribution in [0.3, 0.4) is 0 Å². The van der Waals surface area contributed by atoms with Crippen LogP contribution in [0.15, 0.2) is 12.4 Å². The van der Waals surface area contributed by atoms with Gasteiger partial charge in [-0.1, -0.05) is 0 Å². The summed E-state index contributed by atoms with van der Waals surface area (Å²) >= 11 is 0. The van der Waals surface area contributed by atoms with E-state index in [0.29, 0.717) is 0 Å². The van der Waals surface area contributed by atoms with Crippen molar-refractivity contribution < 1.29 is 4.79 Å². The highest BCUT2D eigenvalue weighted by Gasteiger charge is 2.30. The summed E-state index contributed by atoms with van der Waals surface area (Å²) in [4.78, 5) is 27.8. The molecule has 1 atom stereocenters. The standard InChI is InChI=1S/C16H25N5O/c1-13-11-17-16(18-12-13)21-9-7-19(8-10-21)14(2)15(22)20-5-3-4-6-20/h11-12,14H,3-10H2,1-2H3. The maximum Gasteiger partial charge on any atom is 0.239 e. The first-order valence-electron chi connectivity index (χ1n) is 8.21. The van der Waals surface area contributed by atoms with Crippen LogP contribution in [0.5, 0.6) is 0 Å². The van der Waals surface area contributed by atoms with Gasteiger partial charge in [-0.25, -0.2) is 9.97 Å². The third-order valence-corrected chi connectivity index (χ3v) is 4.69. The van der Waals surface area contributed by atoms with E-state index >= 15 is 0 Å². The van der Waals surface area contributed by atoms with Crippen molar-refractivity contribution in [3.63, 3.8) is 0 Å². The lowest BCUT2D eigenvalue weighted by Crippen LogP contribution is -2.54. The lowest BCUT2D eigenvalue weighted by Gasteiger charge is -2.38. The van der Waals surface area contributed by atoms with Gasteiger partial charge in [0.1, 0.15) is 0 Å². The number of carbonyl (C=O) groups is 1. The summed E-state index contributed by atoms with van der Waals surface area (Å²) in [6, 6.07) is -0.0146. The van der Waals surface area contributed by atoms with Gasteiger partial charge >= 0.3 is 0 Å². The minimum absolute atomic E-state index is 0.0146. The summed E-state index contributed by atoms with van der Waals surface area (Å²) in [5.74, 6) is 1.08. The number of carbonyl (C=O) groups excluding carboxylic acids is 1. The van der Waals surface area contributed by atoms with Gasteiger partial charge in [-0.05, 0) is 32.3 Å². The zero-order valence-corrected chi connectivity index (χ0v) is 13.5. The highest BCUT2D eigenvalue weighted by Crippen LogP contribution is 2.16. The molecule has 0 bridgehead atoms. The maximum absolute atomic E-state index is 12.5. The van der Waals surface area contributed by atoms with Gasteiger partial charge in [-0.15, -0.1) is 0 Å². The Hall–Kier alpha value is -1.69. The van der Waals surface area contributed by atoms with Crippen LogP contribution in [0.25, 0.3) is 0 Å². The number of hydrogen-bond donors (Lipinski definition) is 0. The second-order valence-electron chi connectivity index (χ2n) is 6.29. The molecule has 1 aromatic rings. The van der Waals surface area contributed by atoms with E-state index in [4.69, 9.17) is 0 Å². The van der Waals surface area contributed by atoms with Gasteiger partial charge < -0.3 is 9.80 Å². The number of nitrogens with zero attached hydrogens (tertiary/aromatic N) is 5. The second kappa shape index (κ2) is 6.60.